The van der Waals surface area contributed by atoms with Crippen LogP contribution in [0, 0.1) is 0 Å². The smallest absolute Gasteiger partial charge is 0.306 e. The van der Waals surface area contributed by atoms with Crippen LogP contribution in [0.1, 0.15) is 303 Å². The van der Waals surface area contributed by atoms with Gasteiger partial charge in [0.1, 0.15) is 13.2 Å². The highest BCUT2D eigenvalue weighted by Crippen LogP contribution is 2.16. The summed E-state index contributed by atoms with van der Waals surface area (Å²) in [6.45, 7) is 6.52. The summed E-state index contributed by atoms with van der Waals surface area (Å²) in [5.74, 6) is -0.909. The molecule has 0 aromatic carbocycles. The summed E-state index contributed by atoms with van der Waals surface area (Å²) < 4.78 is 16.9. The Morgan fingerprint density at radius 3 is 0.873 bits per heavy atom. The number of hydrogen-bond acceptors (Lipinski definition) is 6. The maximum atomic E-state index is 12.9. The zero-order valence-corrected chi connectivity index (χ0v) is 47.0. The van der Waals surface area contributed by atoms with Crippen LogP contribution in [0.15, 0.2) is 72.9 Å². The van der Waals surface area contributed by atoms with Gasteiger partial charge in [0.2, 0.25) is 0 Å². The number of esters is 3. The van der Waals surface area contributed by atoms with E-state index < -0.39 is 6.10 Å². The molecule has 0 unspecified atom stereocenters. The summed E-state index contributed by atoms with van der Waals surface area (Å²) in [4.78, 5) is 38.2. The second-order valence-electron chi connectivity index (χ2n) is 20.2. The summed E-state index contributed by atoms with van der Waals surface area (Å²) in [6, 6.07) is 0. The van der Waals surface area contributed by atoms with Gasteiger partial charge in [0, 0.05) is 19.3 Å². The quantitative estimate of drug-likeness (QED) is 0.0261. The fraction of sp³-hybridized carbons (Fsp3) is 0.769. The van der Waals surface area contributed by atoms with E-state index in [1.165, 1.54) is 161 Å². The lowest BCUT2D eigenvalue weighted by molar-refractivity contribution is -0.167. The van der Waals surface area contributed by atoms with E-state index >= 15 is 0 Å². The zero-order valence-electron chi connectivity index (χ0n) is 47.0. The van der Waals surface area contributed by atoms with Crippen molar-refractivity contribution in [3.8, 4) is 0 Å². The van der Waals surface area contributed by atoms with Gasteiger partial charge in [-0.3, -0.25) is 14.4 Å². The van der Waals surface area contributed by atoms with Gasteiger partial charge < -0.3 is 14.2 Å². The summed E-state index contributed by atoms with van der Waals surface area (Å²) in [5.41, 5.74) is 0. The molecule has 0 spiro atoms. The number of rotatable bonds is 55. The Kier molecular flexibility index (Phi) is 56.8. The highest BCUT2D eigenvalue weighted by Gasteiger charge is 2.19. The van der Waals surface area contributed by atoms with Crippen LogP contribution >= 0.6 is 0 Å². The normalized spacial score (nSPS) is 12.5. The highest BCUT2D eigenvalue weighted by atomic mass is 16.6. The molecule has 0 aliphatic rings. The number of hydrogen-bond donors (Lipinski definition) is 0. The largest absolute Gasteiger partial charge is 0.462 e. The molecule has 0 saturated heterocycles. The summed E-state index contributed by atoms with van der Waals surface area (Å²) in [6.07, 6.45) is 76.1. The molecule has 0 fully saturated rings. The lowest BCUT2D eigenvalue weighted by atomic mass is 10.0. The molecule has 1 atom stereocenters. The standard InChI is InChI=1S/C65H114O6/c1-4-7-10-13-16-19-22-25-28-30-31-32-33-35-37-40-43-46-49-52-55-58-64(67)70-61-62(60-69-63(66)57-54-51-48-45-42-39-36-27-24-21-18-15-12-9-6-3)71-65(68)59-56-53-50-47-44-41-38-34-29-26-23-20-17-14-11-8-5-2/h8,11,17,20,25-29,36,38,41,62H,4-7,9-10,12-16,18-19,21-24,30-35,37,39-40,42-61H2,1-3H3/b11-8-,20-17-,28-25-,29-26-,36-27-,41-38-/t62-/m0/s1. The van der Waals surface area contributed by atoms with E-state index in [2.05, 4.69) is 93.7 Å². The molecule has 0 aliphatic heterocycles. The van der Waals surface area contributed by atoms with Crippen molar-refractivity contribution in [1.29, 1.82) is 0 Å². The van der Waals surface area contributed by atoms with Crippen molar-refractivity contribution in [2.45, 2.75) is 309 Å². The van der Waals surface area contributed by atoms with Gasteiger partial charge in [-0.1, -0.05) is 248 Å². The Labute approximate surface area is 440 Å². The molecule has 0 aromatic heterocycles. The third kappa shape index (κ3) is 57.6. The van der Waals surface area contributed by atoms with Crippen molar-refractivity contribution in [1.82, 2.24) is 0 Å². The average molecular weight is 992 g/mol. The van der Waals surface area contributed by atoms with E-state index in [9.17, 15) is 14.4 Å². The van der Waals surface area contributed by atoms with Crippen LogP contribution in [0.4, 0.5) is 0 Å². The van der Waals surface area contributed by atoms with Gasteiger partial charge in [-0.25, -0.2) is 0 Å². The molecule has 0 heterocycles. The van der Waals surface area contributed by atoms with Gasteiger partial charge in [0.25, 0.3) is 0 Å². The monoisotopic (exact) mass is 991 g/mol. The predicted molar refractivity (Wildman–Crippen MR) is 307 cm³/mol. The van der Waals surface area contributed by atoms with Crippen LogP contribution in [0.3, 0.4) is 0 Å². The van der Waals surface area contributed by atoms with Crippen molar-refractivity contribution in [2.24, 2.45) is 0 Å². The zero-order chi connectivity index (χ0) is 51.4. The highest BCUT2D eigenvalue weighted by molar-refractivity contribution is 5.71. The summed E-state index contributed by atoms with van der Waals surface area (Å²) >= 11 is 0. The van der Waals surface area contributed by atoms with E-state index in [0.717, 1.165) is 103 Å². The summed E-state index contributed by atoms with van der Waals surface area (Å²) in [5, 5.41) is 0. The molecular weight excluding hydrogens is 877 g/mol. The second-order valence-corrected chi connectivity index (χ2v) is 20.2. The molecule has 0 rings (SSSR count). The molecule has 0 aromatic rings. The van der Waals surface area contributed by atoms with Crippen molar-refractivity contribution in [3.63, 3.8) is 0 Å². The molecule has 0 bridgehead atoms. The number of ether oxygens (including phenoxy) is 3. The SMILES string of the molecule is CC/C=C\C/C=C\C/C=C\C/C=C\CCCCCCC(=O)O[C@@H](COC(=O)CCCCCCC/C=C\CCCCCCCC)COC(=O)CCCCCCCCCCCCC/C=C\CCCCCCCC. The van der Waals surface area contributed by atoms with E-state index in [-0.39, 0.29) is 31.1 Å². The van der Waals surface area contributed by atoms with Crippen molar-refractivity contribution in [2.75, 3.05) is 13.2 Å². The first kappa shape index (κ1) is 67.8. The lowest BCUT2D eigenvalue weighted by Gasteiger charge is -2.18. The lowest BCUT2D eigenvalue weighted by Crippen LogP contribution is -2.30. The molecule has 0 amide bonds. The molecule has 0 saturated carbocycles. The Bertz CT molecular complexity index is 1320. The molecule has 71 heavy (non-hydrogen) atoms. The molecule has 6 heteroatoms. The average Bonchev–Trinajstić information content (AvgIpc) is 3.37. The Balaban J connectivity index is 4.39. The van der Waals surface area contributed by atoms with E-state index in [0.29, 0.717) is 19.3 Å². The number of carbonyl (C=O) groups excluding carboxylic acids is 3. The third-order valence-electron chi connectivity index (χ3n) is 13.2. The number of unbranched alkanes of at least 4 members (excludes halogenated alkanes) is 32. The Morgan fingerprint density at radius 1 is 0.296 bits per heavy atom. The van der Waals surface area contributed by atoms with E-state index in [1.807, 2.05) is 0 Å². The fourth-order valence-electron chi connectivity index (χ4n) is 8.60. The van der Waals surface area contributed by atoms with Crippen LogP contribution in [-0.2, 0) is 28.6 Å². The minimum Gasteiger partial charge on any atom is -0.462 e. The number of carbonyl (C=O) groups is 3. The van der Waals surface area contributed by atoms with Crippen LogP contribution in [-0.4, -0.2) is 37.2 Å². The molecule has 0 radical (unpaired) electrons. The molecule has 410 valence electrons. The van der Waals surface area contributed by atoms with Crippen molar-refractivity contribution >= 4 is 17.9 Å². The van der Waals surface area contributed by atoms with Gasteiger partial charge >= 0.3 is 17.9 Å². The van der Waals surface area contributed by atoms with Gasteiger partial charge in [-0.05, 0) is 109 Å². The fourth-order valence-corrected chi connectivity index (χ4v) is 8.60. The van der Waals surface area contributed by atoms with Crippen LogP contribution in [0.25, 0.3) is 0 Å². The maximum Gasteiger partial charge on any atom is 0.306 e. The van der Waals surface area contributed by atoms with Crippen molar-refractivity contribution < 1.29 is 28.6 Å². The first-order valence-corrected chi connectivity index (χ1v) is 30.4. The second kappa shape index (κ2) is 59.4. The van der Waals surface area contributed by atoms with Crippen LogP contribution < -0.4 is 0 Å². The molecular formula is C65H114O6. The Hall–Kier alpha value is -3.15. The van der Waals surface area contributed by atoms with E-state index in [4.69, 9.17) is 14.2 Å². The van der Waals surface area contributed by atoms with E-state index in [1.54, 1.807) is 0 Å². The van der Waals surface area contributed by atoms with Gasteiger partial charge in [-0.2, -0.15) is 0 Å². The van der Waals surface area contributed by atoms with Crippen LogP contribution in [0.5, 0.6) is 0 Å². The van der Waals surface area contributed by atoms with Crippen LogP contribution in [0.2, 0.25) is 0 Å². The summed E-state index contributed by atoms with van der Waals surface area (Å²) in [7, 11) is 0. The first-order valence-electron chi connectivity index (χ1n) is 30.4. The minimum atomic E-state index is -0.792. The van der Waals surface area contributed by atoms with Gasteiger partial charge in [0.15, 0.2) is 6.10 Å². The van der Waals surface area contributed by atoms with Gasteiger partial charge in [0.05, 0.1) is 0 Å². The van der Waals surface area contributed by atoms with Crippen molar-refractivity contribution in [3.05, 3.63) is 72.9 Å². The third-order valence-corrected chi connectivity index (χ3v) is 13.2. The molecule has 0 aliphatic carbocycles. The molecule has 0 N–H and O–H groups in total. The predicted octanol–water partition coefficient (Wildman–Crippen LogP) is 20.5. The first-order chi connectivity index (χ1) is 35.0. The Morgan fingerprint density at radius 2 is 0.549 bits per heavy atom. The number of allylic oxidation sites excluding steroid dienone is 12. The minimum absolute atomic E-state index is 0.0872. The maximum absolute atomic E-state index is 12.9. The van der Waals surface area contributed by atoms with Gasteiger partial charge in [-0.15, -0.1) is 0 Å². The topological polar surface area (TPSA) is 78.9 Å². The molecule has 6 nitrogen and oxygen atoms in total.